The number of hydrogen-bond donors (Lipinski definition) is 1. The van der Waals surface area contributed by atoms with E-state index in [0.717, 1.165) is 0 Å². The van der Waals surface area contributed by atoms with Crippen molar-refractivity contribution >= 4 is 28.9 Å². The molecule has 2 aromatic rings. The van der Waals surface area contributed by atoms with Gasteiger partial charge in [0.25, 0.3) is 0 Å². The maximum Gasteiger partial charge on any atom is 0.410 e. The van der Waals surface area contributed by atoms with Crippen LogP contribution in [0.25, 0.3) is 11.2 Å². The molecular weight excluding hydrogens is 320 g/mol. The zero-order valence-electron chi connectivity index (χ0n) is 13.3. The van der Waals surface area contributed by atoms with Gasteiger partial charge in [-0.05, 0) is 33.3 Å². The van der Waals surface area contributed by atoms with Gasteiger partial charge in [-0.15, -0.1) is 0 Å². The lowest BCUT2D eigenvalue weighted by molar-refractivity contribution is 0.0289. The van der Waals surface area contributed by atoms with Gasteiger partial charge >= 0.3 is 11.8 Å². The van der Waals surface area contributed by atoms with E-state index in [1.165, 1.54) is 6.20 Å². The van der Waals surface area contributed by atoms with Gasteiger partial charge in [-0.2, -0.15) is 0 Å². The van der Waals surface area contributed by atoms with E-state index in [4.69, 9.17) is 16.3 Å². The Labute approximate surface area is 138 Å². The molecule has 1 amide bonds. The number of carbonyl (C=O) groups is 1. The van der Waals surface area contributed by atoms with E-state index in [9.17, 15) is 9.59 Å². The molecule has 1 atom stereocenters. The molecule has 0 radical (unpaired) electrons. The Morgan fingerprint density at radius 3 is 2.91 bits per heavy atom. The summed E-state index contributed by atoms with van der Waals surface area (Å²) in [7, 11) is 0. The van der Waals surface area contributed by atoms with Crippen LogP contribution in [0.3, 0.4) is 0 Å². The third kappa shape index (κ3) is 3.19. The smallest absolute Gasteiger partial charge is 0.410 e. The van der Waals surface area contributed by atoms with Crippen LogP contribution in [-0.4, -0.2) is 44.2 Å². The van der Waals surface area contributed by atoms with E-state index < -0.39 is 5.60 Å². The molecule has 1 N–H and O–H groups in total. The monoisotopic (exact) mass is 338 g/mol. The quantitative estimate of drug-likeness (QED) is 0.866. The van der Waals surface area contributed by atoms with Crippen LogP contribution in [-0.2, 0) is 4.74 Å². The normalized spacial score (nSPS) is 18.6. The maximum absolute atomic E-state index is 12.2. The first-order valence-corrected chi connectivity index (χ1v) is 7.86. The van der Waals surface area contributed by atoms with Crippen molar-refractivity contribution in [3.8, 4) is 0 Å². The molecule has 2 aromatic heterocycles. The number of H-pyrrole nitrogens is 1. The van der Waals surface area contributed by atoms with Crippen LogP contribution >= 0.6 is 11.6 Å². The van der Waals surface area contributed by atoms with Gasteiger partial charge in [0.15, 0.2) is 5.65 Å². The number of halogens is 1. The van der Waals surface area contributed by atoms with E-state index >= 15 is 0 Å². The predicted molar refractivity (Wildman–Crippen MR) is 86.8 cm³/mol. The van der Waals surface area contributed by atoms with E-state index in [1.54, 1.807) is 15.5 Å². The minimum absolute atomic E-state index is 0.127. The maximum atomic E-state index is 12.2. The number of amides is 1. The zero-order chi connectivity index (χ0) is 16.8. The van der Waals surface area contributed by atoms with Gasteiger partial charge in [0, 0.05) is 19.3 Å². The molecule has 23 heavy (non-hydrogen) atoms. The molecular formula is C15H19ClN4O3. The molecule has 0 aliphatic carbocycles. The second kappa shape index (κ2) is 5.56. The number of imidazole rings is 1. The Bertz CT molecular complexity index is 805. The number of likely N-dealkylation sites (tertiary alicyclic amines) is 1. The Hall–Kier alpha value is -2.02. The lowest BCUT2D eigenvalue weighted by atomic mass is 10.2. The molecule has 1 fully saturated rings. The van der Waals surface area contributed by atoms with Gasteiger partial charge in [-0.1, -0.05) is 11.6 Å². The SMILES string of the molecule is CC(C)(C)OC(=O)N1CCC(n2c(=O)[nH]c3cc(Cl)cnc32)C1. The third-order valence-electron chi connectivity index (χ3n) is 3.70. The van der Waals surface area contributed by atoms with Gasteiger partial charge in [0.2, 0.25) is 0 Å². The molecule has 124 valence electrons. The second-order valence-corrected chi connectivity index (χ2v) is 7.13. The van der Waals surface area contributed by atoms with Crippen molar-refractivity contribution in [1.82, 2.24) is 19.4 Å². The summed E-state index contributed by atoms with van der Waals surface area (Å²) in [4.78, 5) is 33.0. The number of aromatic amines is 1. The van der Waals surface area contributed by atoms with E-state index in [1.807, 2.05) is 20.8 Å². The van der Waals surface area contributed by atoms with Gasteiger partial charge in [0.05, 0.1) is 16.6 Å². The molecule has 8 heteroatoms. The average molecular weight is 339 g/mol. The third-order valence-corrected chi connectivity index (χ3v) is 3.91. The zero-order valence-corrected chi connectivity index (χ0v) is 14.1. The minimum atomic E-state index is -0.537. The first kappa shape index (κ1) is 15.9. The molecule has 7 nitrogen and oxygen atoms in total. The average Bonchev–Trinajstić information content (AvgIpc) is 2.99. The van der Waals surface area contributed by atoms with E-state index in [0.29, 0.717) is 35.7 Å². The van der Waals surface area contributed by atoms with Crippen LogP contribution in [0.2, 0.25) is 5.02 Å². The molecule has 3 heterocycles. The number of fused-ring (bicyclic) bond motifs is 1. The molecule has 1 aliphatic heterocycles. The molecule has 1 aliphatic rings. The number of hydrogen-bond acceptors (Lipinski definition) is 4. The van der Waals surface area contributed by atoms with Crippen molar-refractivity contribution in [3.63, 3.8) is 0 Å². The fourth-order valence-corrected chi connectivity index (χ4v) is 2.93. The minimum Gasteiger partial charge on any atom is -0.444 e. The van der Waals surface area contributed by atoms with Gasteiger partial charge in [0.1, 0.15) is 5.60 Å². The predicted octanol–water partition coefficient (Wildman–Crippen LogP) is 2.56. The van der Waals surface area contributed by atoms with Crippen LogP contribution in [0.4, 0.5) is 4.79 Å². The Morgan fingerprint density at radius 1 is 1.48 bits per heavy atom. The van der Waals surface area contributed by atoms with Crippen molar-refractivity contribution in [1.29, 1.82) is 0 Å². The van der Waals surface area contributed by atoms with Crippen molar-refractivity contribution in [2.75, 3.05) is 13.1 Å². The van der Waals surface area contributed by atoms with E-state index in [2.05, 4.69) is 9.97 Å². The lowest BCUT2D eigenvalue weighted by Gasteiger charge is -2.24. The highest BCUT2D eigenvalue weighted by atomic mass is 35.5. The van der Waals surface area contributed by atoms with Gasteiger partial charge in [-0.3, -0.25) is 4.57 Å². The summed E-state index contributed by atoms with van der Waals surface area (Å²) in [5, 5.41) is 0.465. The van der Waals surface area contributed by atoms with Crippen LogP contribution in [0.1, 0.15) is 33.2 Å². The molecule has 0 aromatic carbocycles. The van der Waals surface area contributed by atoms with Crippen molar-refractivity contribution in [2.45, 2.75) is 38.8 Å². The Morgan fingerprint density at radius 2 is 2.22 bits per heavy atom. The Balaban J connectivity index is 1.83. The van der Waals surface area contributed by atoms with Crippen molar-refractivity contribution in [3.05, 3.63) is 27.8 Å². The fraction of sp³-hybridized carbons (Fsp3) is 0.533. The number of nitrogens with one attached hydrogen (secondary N) is 1. The Kier molecular flexibility index (Phi) is 3.83. The number of ether oxygens (including phenoxy) is 1. The highest BCUT2D eigenvalue weighted by molar-refractivity contribution is 6.31. The van der Waals surface area contributed by atoms with Crippen molar-refractivity contribution in [2.24, 2.45) is 0 Å². The lowest BCUT2D eigenvalue weighted by Crippen LogP contribution is -2.36. The molecule has 1 saturated heterocycles. The summed E-state index contributed by atoms with van der Waals surface area (Å²) in [6.45, 7) is 6.46. The number of aromatic nitrogens is 3. The standard InChI is InChI=1S/C15H19ClN4O3/c1-15(2,3)23-14(22)19-5-4-10(8-19)20-12-11(18-13(20)21)6-9(16)7-17-12/h6-7,10H,4-5,8H2,1-3H3,(H,18,21). The van der Waals surface area contributed by atoms with Gasteiger partial charge in [-0.25, -0.2) is 14.6 Å². The van der Waals surface area contributed by atoms with Crippen LogP contribution in [0.5, 0.6) is 0 Å². The molecule has 0 bridgehead atoms. The first-order chi connectivity index (χ1) is 10.7. The second-order valence-electron chi connectivity index (χ2n) is 6.69. The van der Waals surface area contributed by atoms with E-state index in [-0.39, 0.29) is 17.8 Å². The van der Waals surface area contributed by atoms with Crippen LogP contribution < -0.4 is 5.69 Å². The molecule has 1 unspecified atom stereocenters. The van der Waals surface area contributed by atoms with Crippen LogP contribution in [0.15, 0.2) is 17.1 Å². The van der Waals surface area contributed by atoms with Crippen LogP contribution in [0, 0.1) is 0 Å². The topological polar surface area (TPSA) is 80.2 Å². The molecule has 0 spiro atoms. The highest BCUT2D eigenvalue weighted by Crippen LogP contribution is 2.25. The summed E-state index contributed by atoms with van der Waals surface area (Å²) >= 11 is 5.90. The summed E-state index contributed by atoms with van der Waals surface area (Å²) in [6, 6.07) is 1.54. The summed E-state index contributed by atoms with van der Waals surface area (Å²) in [5.41, 5.74) is 0.366. The fourth-order valence-electron chi connectivity index (χ4n) is 2.77. The van der Waals surface area contributed by atoms with Gasteiger partial charge < -0.3 is 14.6 Å². The highest BCUT2D eigenvalue weighted by Gasteiger charge is 2.32. The van der Waals surface area contributed by atoms with Crippen molar-refractivity contribution < 1.29 is 9.53 Å². The molecule has 0 saturated carbocycles. The summed E-state index contributed by atoms with van der Waals surface area (Å²) in [6.07, 6.45) is 1.83. The first-order valence-electron chi connectivity index (χ1n) is 7.48. The number of rotatable bonds is 1. The summed E-state index contributed by atoms with van der Waals surface area (Å²) < 4.78 is 6.97. The number of nitrogens with zero attached hydrogens (tertiary/aromatic N) is 3. The molecule has 3 rings (SSSR count). The summed E-state index contributed by atoms with van der Waals surface area (Å²) in [5.74, 6) is 0. The largest absolute Gasteiger partial charge is 0.444 e. The number of pyridine rings is 1. The number of carbonyl (C=O) groups excluding carboxylic acids is 1.